The fourth-order valence-corrected chi connectivity index (χ4v) is 1.66. The van der Waals surface area contributed by atoms with E-state index in [4.69, 9.17) is 16.9 Å². The number of carbonyl (C=O) groups excluding carboxylic acids is 1. The number of nitro benzene ring substituents is 1. The lowest BCUT2D eigenvalue weighted by molar-refractivity contribution is -0.384. The van der Waals surface area contributed by atoms with Crippen molar-refractivity contribution in [3.05, 3.63) is 33.3 Å². The maximum atomic E-state index is 11.8. The van der Waals surface area contributed by atoms with Crippen LogP contribution in [0.15, 0.2) is 18.2 Å². The first-order chi connectivity index (χ1) is 8.86. The Kier molecular flexibility index (Phi) is 4.84. The maximum Gasteiger partial charge on any atom is 0.271 e. The van der Waals surface area contributed by atoms with Gasteiger partial charge in [-0.25, -0.2) is 0 Å². The second-order valence-electron chi connectivity index (χ2n) is 4.26. The summed E-state index contributed by atoms with van der Waals surface area (Å²) in [5, 5.41) is 22.0. The molecule has 0 aliphatic rings. The van der Waals surface area contributed by atoms with Crippen LogP contribution < -0.4 is 5.32 Å². The van der Waals surface area contributed by atoms with E-state index < -0.39 is 16.7 Å². The number of nitro groups is 1. The Morgan fingerprint density at radius 2 is 2.16 bits per heavy atom. The van der Waals surface area contributed by atoms with Crippen molar-refractivity contribution in [1.29, 1.82) is 5.26 Å². The highest BCUT2D eigenvalue weighted by atomic mass is 35.5. The van der Waals surface area contributed by atoms with E-state index in [2.05, 4.69) is 5.32 Å². The van der Waals surface area contributed by atoms with Gasteiger partial charge in [0, 0.05) is 12.1 Å². The summed E-state index contributed by atoms with van der Waals surface area (Å²) < 4.78 is 0. The Labute approximate surface area is 115 Å². The molecule has 1 unspecified atom stereocenters. The SMILES string of the molecule is CC(C)C(C#N)C(=O)Nc1ccc([N+](=O)[O-])cc1Cl. The Balaban J connectivity index is 2.92. The molecule has 0 heterocycles. The van der Waals surface area contributed by atoms with E-state index in [1.165, 1.54) is 12.1 Å². The number of halogens is 1. The molecule has 100 valence electrons. The number of rotatable bonds is 4. The Morgan fingerprint density at radius 1 is 1.53 bits per heavy atom. The van der Waals surface area contributed by atoms with Gasteiger partial charge in [-0.05, 0) is 12.0 Å². The van der Waals surface area contributed by atoms with Crippen molar-refractivity contribution in [3.63, 3.8) is 0 Å². The average Bonchev–Trinajstić information content (AvgIpc) is 2.31. The van der Waals surface area contributed by atoms with Gasteiger partial charge in [0.1, 0.15) is 5.92 Å². The summed E-state index contributed by atoms with van der Waals surface area (Å²) in [6, 6.07) is 5.63. The number of anilines is 1. The van der Waals surface area contributed by atoms with Crippen LogP contribution in [0.25, 0.3) is 0 Å². The third-order valence-corrected chi connectivity index (χ3v) is 2.82. The van der Waals surface area contributed by atoms with Crippen molar-refractivity contribution in [1.82, 2.24) is 0 Å². The van der Waals surface area contributed by atoms with E-state index >= 15 is 0 Å². The standard InChI is InChI=1S/C12H12ClN3O3/c1-7(2)9(6-14)12(17)15-11-4-3-8(16(18)19)5-10(11)13/h3-5,7,9H,1-2H3,(H,15,17). The van der Waals surface area contributed by atoms with Crippen molar-refractivity contribution in [2.24, 2.45) is 11.8 Å². The topological polar surface area (TPSA) is 96.0 Å². The van der Waals surface area contributed by atoms with Crippen molar-refractivity contribution in [3.8, 4) is 6.07 Å². The predicted octanol–water partition coefficient (Wildman–Crippen LogP) is 2.98. The van der Waals surface area contributed by atoms with Gasteiger partial charge in [-0.1, -0.05) is 25.4 Å². The number of non-ortho nitro benzene ring substituents is 1. The molecule has 0 fully saturated rings. The zero-order valence-corrected chi connectivity index (χ0v) is 11.1. The van der Waals surface area contributed by atoms with Crippen LogP contribution >= 0.6 is 11.6 Å². The Morgan fingerprint density at radius 3 is 2.58 bits per heavy atom. The summed E-state index contributed by atoms with van der Waals surface area (Å²) >= 11 is 5.84. The second-order valence-corrected chi connectivity index (χ2v) is 4.67. The van der Waals surface area contributed by atoms with Gasteiger partial charge in [0.05, 0.1) is 21.7 Å². The molecule has 0 aliphatic heterocycles. The van der Waals surface area contributed by atoms with Crippen molar-refractivity contribution in [2.75, 3.05) is 5.32 Å². The number of nitrogens with zero attached hydrogens (tertiary/aromatic N) is 2. The van der Waals surface area contributed by atoms with Crippen LogP contribution in [-0.2, 0) is 4.79 Å². The van der Waals surface area contributed by atoms with Gasteiger partial charge in [0.2, 0.25) is 5.91 Å². The summed E-state index contributed by atoms with van der Waals surface area (Å²) in [4.78, 5) is 21.8. The highest BCUT2D eigenvalue weighted by Gasteiger charge is 2.22. The number of nitrogens with one attached hydrogen (secondary N) is 1. The molecule has 1 N–H and O–H groups in total. The third kappa shape index (κ3) is 3.66. The van der Waals surface area contributed by atoms with E-state index in [0.29, 0.717) is 0 Å². The van der Waals surface area contributed by atoms with Gasteiger partial charge >= 0.3 is 0 Å². The smallest absolute Gasteiger partial charge is 0.271 e. The molecule has 1 aromatic rings. The molecule has 0 bridgehead atoms. The molecular weight excluding hydrogens is 270 g/mol. The predicted molar refractivity (Wildman–Crippen MR) is 70.7 cm³/mol. The Bertz CT molecular complexity index is 552. The van der Waals surface area contributed by atoms with E-state index in [9.17, 15) is 14.9 Å². The molecule has 1 atom stereocenters. The molecule has 1 rings (SSSR count). The van der Waals surface area contributed by atoms with Crippen LogP contribution in [0.5, 0.6) is 0 Å². The lowest BCUT2D eigenvalue weighted by Gasteiger charge is -2.13. The summed E-state index contributed by atoms with van der Waals surface area (Å²) in [7, 11) is 0. The normalized spacial score (nSPS) is 11.7. The molecule has 0 saturated heterocycles. The largest absolute Gasteiger partial charge is 0.324 e. The van der Waals surface area contributed by atoms with E-state index in [1.54, 1.807) is 13.8 Å². The van der Waals surface area contributed by atoms with Crippen LogP contribution in [0, 0.1) is 33.3 Å². The highest BCUT2D eigenvalue weighted by Crippen LogP contribution is 2.27. The van der Waals surface area contributed by atoms with E-state index in [-0.39, 0.29) is 22.3 Å². The van der Waals surface area contributed by atoms with Gasteiger partial charge in [-0.15, -0.1) is 0 Å². The molecular formula is C12H12ClN3O3. The van der Waals surface area contributed by atoms with E-state index in [0.717, 1.165) is 6.07 Å². The van der Waals surface area contributed by atoms with Gasteiger partial charge in [-0.3, -0.25) is 14.9 Å². The molecule has 1 aromatic carbocycles. The number of benzene rings is 1. The number of hydrogen-bond acceptors (Lipinski definition) is 4. The minimum absolute atomic E-state index is 0.0583. The fraction of sp³-hybridized carbons (Fsp3) is 0.333. The van der Waals surface area contributed by atoms with Crippen molar-refractivity contribution < 1.29 is 9.72 Å². The molecule has 6 nitrogen and oxygen atoms in total. The van der Waals surface area contributed by atoms with Crippen LogP contribution in [0.3, 0.4) is 0 Å². The number of hydrogen-bond donors (Lipinski definition) is 1. The fourth-order valence-electron chi connectivity index (χ4n) is 1.44. The summed E-state index contributed by atoms with van der Waals surface area (Å²) in [6.07, 6.45) is 0. The molecule has 0 aromatic heterocycles. The molecule has 19 heavy (non-hydrogen) atoms. The summed E-state index contributed by atoms with van der Waals surface area (Å²) in [6.45, 7) is 3.51. The number of amides is 1. The van der Waals surface area contributed by atoms with Crippen LogP contribution in [-0.4, -0.2) is 10.8 Å². The number of carbonyl (C=O) groups is 1. The second kappa shape index (κ2) is 6.16. The van der Waals surface area contributed by atoms with Gasteiger partial charge in [0.15, 0.2) is 0 Å². The lowest BCUT2D eigenvalue weighted by atomic mass is 9.96. The molecule has 0 spiro atoms. The van der Waals surface area contributed by atoms with Crippen LogP contribution in [0.1, 0.15) is 13.8 Å². The lowest BCUT2D eigenvalue weighted by Crippen LogP contribution is -2.25. The molecule has 7 heteroatoms. The minimum Gasteiger partial charge on any atom is -0.324 e. The first kappa shape index (κ1) is 14.9. The monoisotopic (exact) mass is 281 g/mol. The first-order valence-corrected chi connectivity index (χ1v) is 5.89. The van der Waals surface area contributed by atoms with E-state index in [1.807, 2.05) is 6.07 Å². The quantitative estimate of drug-likeness (QED) is 0.678. The Hall–Kier alpha value is -2.13. The number of nitriles is 1. The van der Waals surface area contributed by atoms with Crippen LogP contribution in [0.4, 0.5) is 11.4 Å². The molecule has 0 aliphatic carbocycles. The third-order valence-electron chi connectivity index (χ3n) is 2.51. The van der Waals surface area contributed by atoms with Crippen molar-refractivity contribution >= 4 is 28.9 Å². The zero-order valence-electron chi connectivity index (χ0n) is 10.4. The van der Waals surface area contributed by atoms with Gasteiger partial charge < -0.3 is 5.32 Å². The molecule has 0 radical (unpaired) electrons. The summed E-state index contributed by atoms with van der Waals surface area (Å²) in [5.41, 5.74) is 0.0851. The average molecular weight is 282 g/mol. The van der Waals surface area contributed by atoms with Crippen molar-refractivity contribution in [2.45, 2.75) is 13.8 Å². The first-order valence-electron chi connectivity index (χ1n) is 5.51. The van der Waals surface area contributed by atoms with Crippen LogP contribution in [0.2, 0.25) is 5.02 Å². The minimum atomic E-state index is -0.800. The maximum absolute atomic E-state index is 11.8. The zero-order chi connectivity index (χ0) is 14.6. The highest BCUT2D eigenvalue weighted by molar-refractivity contribution is 6.34. The molecule has 0 saturated carbocycles. The van der Waals surface area contributed by atoms with Gasteiger partial charge in [0.25, 0.3) is 5.69 Å². The molecule has 1 amide bonds. The van der Waals surface area contributed by atoms with Gasteiger partial charge in [-0.2, -0.15) is 5.26 Å². The summed E-state index contributed by atoms with van der Waals surface area (Å²) in [5.74, 6) is -1.42.